The third-order valence-electron chi connectivity index (χ3n) is 5.89. The lowest BCUT2D eigenvalue weighted by Crippen LogP contribution is -2.30. The van der Waals surface area contributed by atoms with Crippen LogP contribution in [0.4, 0.5) is 5.69 Å². The first-order valence-corrected chi connectivity index (χ1v) is 10.8. The fourth-order valence-corrected chi connectivity index (χ4v) is 4.10. The highest BCUT2D eigenvalue weighted by Crippen LogP contribution is 2.25. The molecule has 0 radical (unpaired) electrons. The van der Waals surface area contributed by atoms with Gasteiger partial charge in [0.05, 0.1) is 0 Å². The monoisotopic (exact) mass is 426 g/mol. The van der Waals surface area contributed by atoms with Gasteiger partial charge in [-0.1, -0.05) is 30.3 Å². The molecule has 0 saturated carbocycles. The van der Waals surface area contributed by atoms with Gasteiger partial charge < -0.3 is 14.8 Å². The molecule has 4 rings (SSSR count). The maximum absolute atomic E-state index is 12.8. The number of para-hydroxylation sites is 1. The van der Waals surface area contributed by atoms with Crippen LogP contribution in [-0.2, 0) is 16.1 Å². The summed E-state index contributed by atoms with van der Waals surface area (Å²) in [5.74, 6) is -0.363. The molecule has 0 unspecified atom stereocenters. The number of benzene rings is 2. The van der Waals surface area contributed by atoms with Crippen molar-refractivity contribution in [1.29, 1.82) is 5.26 Å². The van der Waals surface area contributed by atoms with Crippen LogP contribution in [0.2, 0.25) is 0 Å². The fourth-order valence-electron chi connectivity index (χ4n) is 4.10. The molecule has 0 bridgehead atoms. The van der Waals surface area contributed by atoms with Crippen LogP contribution < -0.4 is 5.32 Å². The van der Waals surface area contributed by atoms with E-state index in [4.69, 9.17) is 0 Å². The fraction of sp³-hybridized carbons (Fsp3) is 0.269. The third kappa shape index (κ3) is 4.42. The van der Waals surface area contributed by atoms with Crippen LogP contribution in [0.3, 0.4) is 0 Å². The number of aryl methyl sites for hydroxylation is 2. The van der Waals surface area contributed by atoms with Crippen LogP contribution in [-0.4, -0.2) is 34.4 Å². The van der Waals surface area contributed by atoms with Gasteiger partial charge in [-0.3, -0.25) is 9.59 Å². The first-order valence-electron chi connectivity index (χ1n) is 10.8. The van der Waals surface area contributed by atoms with Crippen molar-refractivity contribution in [1.82, 2.24) is 9.47 Å². The van der Waals surface area contributed by atoms with Gasteiger partial charge in [0, 0.05) is 41.4 Å². The number of hydrogen-bond donors (Lipinski definition) is 1. The van der Waals surface area contributed by atoms with E-state index in [0.717, 1.165) is 53.5 Å². The molecule has 2 aromatic carbocycles. The van der Waals surface area contributed by atoms with E-state index in [2.05, 4.69) is 5.32 Å². The Kier molecular flexibility index (Phi) is 6.09. The summed E-state index contributed by atoms with van der Waals surface area (Å²) < 4.78 is 1.90. The molecule has 0 spiro atoms. The second kappa shape index (κ2) is 9.11. The molecular formula is C26H26N4O2. The van der Waals surface area contributed by atoms with Gasteiger partial charge in [-0.25, -0.2) is 0 Å². The van der Waals surface area contributed by atoms with E-state index >= 15 is 0 Å². The lowest BCUT2D eigenvalue weighted by Gasteiger charge is -2.15. The SMILES string of the molecule is Cc1ccc(C)c(NC(=O)/C(C#N)=C/c2cn(CC(=O)N3CCCC3)c3ccccc23)c1. The Morgan fingerprint density at radius 1 is 1.12 bits per heavy atom. The number of fused-ring (bicyclic) bond motifs is 1. The van der Waals surface area contributed by atoms with E-state index < -0.39 is 5.91 Å². The van der Waals surface area contributed by atoms with E-state index in [0.29, 0.717) is 5.69 Å². The van der Waals surface area contributed by atoms with Crippen LogP contribution in [0.25, 0.3) is 17.0 Å². The highest BCUT2D eigenvalue weighted by atomic mass is 16.2. The van der Waals surface area contributed by atoms with Crippen molar-refractivity contribution in [3.63, 3.8) is 0 Å². The van der Waals surface area contributed by atoms with E-state index in [1.165, 1.54) is 0 Å². The number of aromatic nitrogens is 1. The number of amides is 2. The van der Waals surface area contributed by atoms with E-state index in [1.54, 1.807) is 6.08 Å². The largest absolute Gasteiger partial charge is 0.341 e. The van der Waals surface area contributed by atoms with Gasteiger partial charge in [0.15, 0.2) is 0 Å². The summed E-state index contributed by atoms with van der Waals surface area (Å²) in [6.45, 7) is 5.72. The molecule has 1 aliphatic heterocycles. The molecule has 1 aliphatic rings. The summed E-state index contributed by atoms with van der Waals surface area (Å²) in [6, 6.07) is 15.6. The number of nitriles is 1. The Labute approximate surface area is 187 Å². The molecule has 1 aromatic heterocycles. The molecule has 3 aromatic rings. The lowest BCUT2D eigenvalue weighted by atomic mass is 10.1. The smallest absolute Gasteiger partial charge is 0.266 e. The molecule has 6 nitrogen and oxygen atoms in total. The summed E-state index contributed by atoms with van der Waals surface area (Å²) in [5.41, 5.74) is 4.30. The topological polar surface area (TPSA) is 78.1 Å². The van der Waals surface area contributed by atoms with Crippen LogP contribution >= 0.6 is 0 Å². The molecule has 1 saturated heterocycles. The first kappa shape index (κ1) is 21.4. The highest BCUT2D eigenvalue weighted by molar-refractivity contribution is 6.11. The molecular weight excluding hydrogens is 400 g/mol. The van der Waals surface area contributed by atoms with Crippen LogP contribution in [0.15, 0.2) is 54.2 Å². The quantitative estimate of drug-likeness (QED) is 0.484. The molecule has 1 N–H and O–H groups in total. The normalized spacial score (nSPS) is 13.9. The average molecular weight is 427 g/mol. The van der Waals surface area contributed by atoms with Crippen molar-refractivity contribution in [2.24, 2.45) is 0 Å². The van der Waals surface area contributed by atoms with Crippen molar-refractivity contribution in [2.45, 2.75) is 33.2 Å². The zero-order valence-electron chi connectivity index (χ0n) is 18.4. The number of carbonyl (C=O) groups is 2. The minimum atomic E-state index is -0.453. The first-order chi connectivity index (χ1) is 15.5. The summed E-state index contributed by atoms with van der Waals surface area (Å²) in [6.07, 6.45) is 5.54. The number of rotatable bonds is 5. The van der Waals surface area contributed by atoms with Crippen molar-refractivity contribution >= 4 is 34.5 Å². The Balaban J connectivity index is 1.64. The second-order valence-corrected chi connectivity index (χ2v) is 8.26. The van der Waals surface area contributed by atoms with Crippen molar-refractivity contribution in [3.8, 4) is 6.07 Å². The predicted molar refractivity (Wildman–Crippen MR) is 126 cm³/mol. The molecule has 6 heteroatoms. The van der Waals surface area contributed by atoms with Crippen LogP contribution in [0.1, 0.15) is 29.5 Å². The number of carbonyl (C=O) groups excluding carboxylic acids is 2. The Morgan fingerprint density at radius 2 is 1.88 bits per heavy atom. The number of nitrogens with one attached hydrogen (secondary N) is 1. The van der Waals surface area contributed by atoms with Gasteiger partial charge in [-0.2, -0.15) is 5.26 Å². The summed E-state index contributed by atoms with van der Waals surface area (Å²) in [4.78, 5) is 27.4. The standard InChI is InChI=1S/C26H26N4O2/c1-18-9-10-19(2)23(13-18)28-26(32)20(15-27)14-21-16-30(24-8-4-3-7-22(21)24)17-25(31)29-11-5-6-12-29/h3-4,7-10,13-14,16H,5-6,11-12,17H2,1-2H3,(H,28,32)/b20-14+. The average Bonchev–Trinajstić information content (AvgIpc) is 3.44. The maximum Gasteiger partial charge on any atom is 0.266 e. The zero-order chi connectivity index (χ0) is 22.7. The van der Waals surface area contributed by atoms with Gasteiger partial charge >= 0.3 is 0 Å². The van der Waals surface area contributed by atoms with E-state index in [1.807, 2.05) is 78.0 Å². The van der Waals surface area contributed by atoms with E-state index in [-0.39, 0.29) is 18.0 Å². The second-order valence-electron chi connectivity index (χ2n) is 8.26. The lowest BCUT2D eigenvalue weighted by molar-refractivity contribution is -0.130. The molecule has 0 aliphatic carbocycles. The van der Waals surface area contributed by atoms with Gasteiger partial charge in [-0.15, -0.1) is 0 Å². The predicted octanol–water partition coefficient (Wildman–Crippen LogP) is 4.43. The molecule has 2 amide bonds. The minimum Gasteiger partial charge on any atom is -0.341 e. The number of anilines is 1. The van der Waals surface area contributed by atoms with Gasteiger partial charge in [-0.05, 0) is 56.0 Å². The van der Waals surface area contributed by atoms with Crippen molar-refractivity contribution < 1.29 is 9.59 Å². The van der Waals surface area contributed by atoms with E-state index in [9.17, 15) is 14.9 Å². The molecule has 0 atom stereocenters. The van der Waals surface area contributed by atoms with Crippen molar-refractivity contribution in [2.75, 3.05) is 18.4 Å². The summed E-state index contributed by atoms with van der Waals surface area (Å²) in [5, 5.41) is 13.4. The van der Waals surface area contributed by atoms with Gasteiger partial charge in [0.25, 0.3) is 5.91 Å². The molecule has 32 heavy (non-hydrogen) atoms. The van der Waals surface area contributed by atoms with Gasteiger partial charge in [0.1, 0.15) is 18.2 Å². The summed E-state index contributed by atoms with van der Waals surface area (Å²) >= 11 is 0. The number of hydrogen-bond acceptors (Lipinski definition) is 3. The highest BCUT2D eigenvalue weighted by Gasteiger charge is 2.20. The Hall–Kier alpha value is -3.85. The van der Waals surface area contributed by atoms with Crippen molar-refractivity contribution in [3.05, 3.63) is 70.9 Å². The molecule has 2 heterocycles. The Morgan fingerprint density at radius 3 is 2.62 bits per heavy atom. The minimum absolute atomic E-state index is 0.0136. The van der Waals surface area contributed by atoms with Crippen LogP contribution in [0.5, 0.6) is 0 Å². The number of likely N-dealkylation sites (tertiary alicyclic amines) is 1. The Bertz CT molecular complexity index is 1260. The molecule has 1 fully saturated rings. The maximum atomic E-state index is 12.8. The molecule has 162 valence electrons. The van der Waals surface area contributed by atoms with Gasteiger partial charge in [0.2, 0.25) is 5.91 Å². The summed E-state index contributed by atoms with van der Waals surface area (Å²) in [7, 11) is 0. The third-order valence-corrected chi connectivity index (χ3v) is 5.89. The zero-order valence-corrected chi connectivity index (χ0v) is 18.4. The number of nitrogens with zero attached hydrogens (tertiary/aromatic N) is 3. The van der Waals surface area contributed by atoms with Crippen LogP contribution in [0, 0.1) is 25.2 Å².